The van der Waals surface area contributed by atoms with Gasteiger partial charge in [0, 0.05) is 44.3 Å². The number of benzene rings is 2. The molecule has 12 nitrogen and oxygen atoms in total. The van der Waals surface area contributed by atoms with Crippen molar-refractivity contribution in [1.82, 2.24) is 14.9 Å². The van der Waals surface area contributed by atoms with E-state index in [0.717, 1.165) is 50.9 Å². The van der Waals surface area contributed by atoms with Crippen molar-refractivity contribution >= 4 is 33.6 Å². The van der Waals surface area contributed by atoms with E-state index in [4.69, 9.17) is 14.2 Å². The first-order chi connectivity index (χ1) is 25.0. The van der Waals surface area contributed by atoms with Crippen LogP contribution in [0, 0.1) is 24.7 Å². The molecule has 52 heavy (non-hydrogen) atoms. The number of anilines is 1. The summed E-state index contributed by atoms with van der Waals surface area (Å²) in [6.07, 6.45) is 9.50. The molecule has 0 aromatic heterocycles. The van der Waals surface area contributed by atoms with Crippen LogP contribution in [0.5, 0.6) is 5.75 Å². The summed E-state index contributed by atoms with van der Waals surface area (Å²) in [5.74, 6) is 0.579. The first kappa shape index (κ1) is 36.3. The molecular formula is C39H51N5O7S. The third-order valence-corrected chi connectivity index (χ3v) is 13.6. The largest absolute Gasteiger partial charge is 0.490 e. The number of allylic oxidation sites excluding steroid dienone is 1. The van der Waals surface area contributed by atoms with Crippen molar-refractivity contribution in [3.63, 3.8) is 0 Å². The number of aryl methyl sites for hydroxylation is 2. The predicted molar refractivity (Wildman–Crippen MR) is 199 cm³/mol. The molecule has 13 heteroatoms. The Balaban J connectivity index is 1.23. The van der Waals surface area contributed by atoms with Gasteiger partial charge < -0.3 is 29.3 Å². The third-order valence-electron chi connectivity index (χ3n) is 11.6. The maximum atomic E-state index is 14.4. The van der Waals surface area contributed by atoms with Crippen LogP contribution >= 0.6 is 0 Å². The van der Waals surface area contributed by atoms with E-state index in [1.54, 1.807) is 13.2 Å². The maximum absolute atomic E-state index is 14.4. The number of nitrogens with zero attached hydrogens (tertiary/aromatic N) is 3. The molecule has 7 rings (SSSR count). The van der Waals surface area contributed by atoms with Crippen LogP contribution in [0.3, 0.4) is 0 Å². The van der Waals surface area contributed by atoms with Gasteiger partial charge in [-0.3, -0.25) is 9.52 Å². The van der Waals surface area contributed by atoms with E-state index < -0.39 is 27.9 Å². The number of methoxy groups -OCH3 is 2. The van der Waals surface area contributed by atoms with Gasteiger partial charge in [-0.25, -0.2) is 13.8 Å². The zero-order valence-electron chi connectivity index (χ0n) is 30.6. The molecule has 0 unspecified atom stereocenters. The average Bonchev–Trinajstić information content (AvgIpc) is 3.23. The van der Waals surface area contributed by atoms with Gasteiger partial charge >= 0.3 is 12.1 Å². The molecule has 2 aliphatic carbocycles. The topological polar surface area (TPSA) is 139 Å². The van der Waals surface area contributed by atoms with E-state index in [1.807, 2.05) is 19.1 Å². The molecule has 3 aliphatic heterocycles. The lowest BCUT2D eigenvalue weighted by Gasteiger charge is -2.46. The van der Waals surface area contributed by atoms with Crippen LogP contribution in [-0.2, 0) is 31.2 Å². The van der Waals surface area contributed by atoms with E-state index in [-0.39, 0.29) is 47.9 Å². The molecule has 2 bridgehead atoms. The summed E-state index contributed by atoms with van der Waals surface area (Å²) in [6, 6.07) is 11.1. The number of likely N-dealkylation sites (tertiary alicyclic amines) is 1. The Bertz CT molecular complexity index is 1870. The average molecular weight is 734 g/mol. The number of nitrogens with one attached hydrogen (secondary N) is 2. The molecule has 0 radical (unpaired) electrons. The fourth-order valence-electron chi connectivity index (χ4n) is 8.74. The Morgan fingerprint density at radius 2 is 1.92 bits per heavy atom. The Kier molecular flexibility index (Phi) is 10.3. The zero-order chi connectivity index (χ0) is 36.6. The predicted octanol–water partition coefficient (Wildman–Crippen LogP) is 5.38. The minimum Gasteiger partial charge on any atom is -0.490 e. The highest BCUT2D eigenvalue weighted by atomic mass is 32.2. The van der Waals surface area contributed by atoms with Gasteiger partial charge in [0.1, 0.15) is 15.7 Å². The van der Waals surface area contributed by atoms with E-state index in [0.29, 0.717) is 30.6 Å². The van der Waals surface area contributed by atoms with Gasteiger partial charge in [0.15, 0.2) is 0 Å². The number of fused-ring (bicyclic) bond motifs is 4. The lowest BCUT2D eigenvalue weighted by Crippen LogP contribution is -2.62. The molecule has 1 spiro atoms. The van der Waals surface area contributed by atoms with Gasteiger partial charge in [-0.15, -0.1) is 4.36 Å². The van der Waals surface area contributed by atoms with Crippen LogP contribution < -0.4 is 19.7 Å². The molecule has 5 aliphatic rings. The van der Waals surface area contributed by atoms with E-state index in [2.05, 4.69) is 56.6 Å². The summed E-state index contributed by atoms with van der Waals surface area (Å²) < 4.78 is 38.7. The van der Waals surface area contributed by atoms with Gasteiger partial charge in [0.05, 0.1) is 37.3 Å². The number of rotatable bonds is 3. The molecule has 6 atom stereocenters. The van der Waals surface area contributed by atoms with Gasteiger partial charge in [0.25, 0.3) is 5.91 Å². The Morgan fingerprint density at radius 1 is 1.10 bits per heavy atom. The highest BCUT2D eigenvalue weighted by Gasteiger charge is 2.44. The lowest BCUT2D eigenvalue weighted by atomic mass is 9.68. The van der Waals surface area contributed by atoms with Crippen LogP contribution in [-0.4, -0.2) is 92.0 Å². The first-order valence-corrected chi connectivity index (χ1v) is 20.2. The normalized spacial score (nSPS) is 31.0. The van der Waals surface area contributed by atoms with Crippen molar-refractivity contribution in [2.45, 2.75) is 69.9 Å². The van der Waals surface area contributed by atoms with Gasteiger partial charge in [-0.05, 0) is 92.5 Å². The lowest BCUT2D eigenvalue weighted by molar-refractivity contribution is 0.0131. The fourth-order valence-corrected chi connectivity index (χ4v) is 10.6. The second kappa shape index (κ2) is 14.7. The smallest absolute Gasteiger partial charge is 0.409 e. The number of hydrogen-bond acceptors (Lipinski definition) is 8. The standard InChI is InChI=1S/C39H51N5O7S/c1-25-10-14-32-27(17-25)8-6-16-39(32)23-44-19-29-11-13-31(29)34(49-3)9-5-7-26(2)22-52(48,42-37(46)40-30-20-43(21-30)38(47)50-4)41-36(45)28-12-15-35(51-24-39)33(44)18-28/h5,9-10,12,14-15,17-18,26,29-31,34H,6-8,11,13,16,19-24H2,1-4H3,(H2,40,41,42,45,46,48)/b9-5+/t26-,29-,31+,34-,39-,52-/m0/s1. The third kappa shape index (κ3) is 7.39. The highest BCUT2D eigenvalue weighted by molar-refractivity contribution is 7.92. The SMILES string of the molecule is COC(=O)N1CC(NC(=O)N[S@@]2(=O)=NC(=O)c3ccc4c(c3)N(C[C@@H]3CC[C@H]3[C@@H](OC)/C=C/C[C@H](C)C2)C[C@@]2(CCCc3cc(C)ccc32)CO4)C1. The minimum atomic E-state index is -3.56. The van der Waals surface area contributed by atoms with E-state index in [9.17, 15) is 18.6 Å². The molecule has 2 aromatic carbocycles. The van der Waals surface area contributed by atoms with Crippen molar-refractivity contribution in [3.05, 3.63) is 70.8 Å². The summed E-state index contributed by atoms with van der Waals surface area (Å²) in [7, 11) is -0.500. The van der Waals surface area contributed by atoms with Crippen LogP contribution in [0.1, 0.15) is 66.1 Å². The first-order valence-electron chi connectivity index (χ1n) is 18.5. The number of carbonyl (C=O) groups is 3. The number of ether oxygens (including phenoxy) is 3. The second-order valence-electron chi connectivity index (χ2n) is 15.5. The number of urea groups is 1. The monoisotopic (exact) mass is 733 g/mol. The molecule has 2 fully saturated rings. The highest BCUT2D eigenvalue weighted by Crippen LogP contribution is 2.47. The summed E-state index contributed by atoms with van der Waals surface area (Å²) in [4.78, 5) is 42.7. The Morgan fingerprint density at radius 3 is 2.67 bits per heavy atom. The van der Waals surface area contributed by atoms with Crippen LogP contribution in [0.15, 0.2) is 52.9 Å². The number of hydrogen-bond donors (Lipinski definition) is 2. The number of carbonyl (C=O) groups excluding carboxylic acids is 3. The molecule has 4 amide bonds. The van der Waals surface area contributed by atoms with E-state index in [1.165, 1.54) is 28.7 Å². The van der Waals surface area contributed by atoms with Crippen molar-refractivity contribution in [1.29, 1.82) is 0 Å². The Labute approximate surface area is 306 Å². The summed E-state index contributed by atoms with van der Waals surface area (Å²) in [6.45, 7) is 6.66. The summed E-state index contributed by atoms with van der Waals surface area (Å²) >= 11 is 0. The van der Waals surface area contributed by atoms with Crippen LogP contribution in [0.25, 0.3) is 0 Å². The van der Waals surface area contributed by atoms with Gasteiger partial charge in [0.2, 0.25) is 0 Å². The maximum Gasteiger partial charge on any atom is 0.409 e. The zero-order valence-corrected chi connectivity index (χ0v) is 31.4. The Hall–Kier alpha value is -4.10. The molecule has 1 saturated carbocycles. The van der Waals surface area contributed by atoms with Crippen molar-refractivity contribution in [2.24, 2.45) is 22.1 Å². The quantitative estimate of drug-likeness (QED) is 0.402. The van der Waals surface area contributed by atoms with Crippen molar-refractivity contribution in [3.8, 4) is 5.75 Å². The summed E-state index contributed by atoms with van der Waals surface area (Å²) in [5, 5.41) is 2.75. The minimum absolute atomic E-state index is 0.0270. The fraction of sp³-hybridized carbons (Fsp3) is 0.564. The van der Waals surface area contributed by atoms with Crippen molar-refractivity contribution < 1.29 is 32.8 Å². The molecule has 2 N–H and O–H groups in total. The van der Waals surface area contributed by atoms with Crippen LogP contribution in [0.4, 0.5) is 15.3 Å². The van der Waals surface area contributed by atoms with Crippen molar-refractivity contribution in [2.75, 3.05) is 57.7 Å². The van der Waals surface area contributed by atoms with E-state index >= 15 is 0 Å². The van der Waals surface area contributed by atoms with Crippen LogP contribution in [0.2, 0.25) is 0 Å². The molecule has 280 valence electrons. The van der Waals surface area contributed by atoms with Gasteiger partial charge in [-0.1, -0.05) is 42.8 Å². The summed E-state index contributed by atoms with van der Waals surface area (Å²) in [5.41, 5.74) is 4.88. The molecule has 2 aromatic rings. The molecular weight excluding hydrogens is 683 g/mol. The molecule has 1 saturated heterocycles. The number of amides is 4. The van der Waals surface area contributed by atoms with Gasteiger partial charge in [-0.2, -0.15) is 0 Å². The molecule has 3 heterocycles. The second-order valence-corrected chi connectivity index (χ2v) is 17.5.